The number of nitrogens with zero attached hydrogens (tertiary/aromatic N) is 2. The van der Waals surface area contributed by atoms with Gasteiger partial charge in [-0.1, -0.05) is 6.07 Å². The molecule has 2 aromatic carbocycles. The number of benzene rings is 2. The van der Waals surface area contributed by atoms with Gasteiger partial charge in [0, 0.05) is 17.8 Å². The number of rotatable bonds is 4. The molecule has 1 aromatic heterocycles. The molecule has 4 rings (SSSR count). The number of nitrogens with one attached hydrogen (secondary N) is 2. The Labute approximate surface area is 141 Å². The second-order valence-electron chi connectivity index (χ2n) is 5.20. The smallest absolute Gasteiger partial charge is 0.231 e. The third kappa shape index (κ3) is 3.14. The highest BCUT2D eigenvalue weighted by Crippen LogP contribution is 2.35. The molecule has 0 spiro atoms. The number of fused-ring (bicyclic) bond motifs is 1. The van der Waals surface area contributed by atoms with E-state index in [1.165, 1.54) is 30.6 Å². The predicted octanol–water partition coefficient (Wildman–Crippen LogP) is 3.97. The molecule has 1 aliphatic heterocycles. The molecule has 0 amide bonds. The SMILES string of the molecule is Fc1cccc(F)c1Nc1cc(Nc2ccc3c(c2)OCO3)ncn1. The van der Waals surface area contributed by atoms with Gasteiger partial charge in [0.1, 0.15) is 35.3 Å². The quantitative estimate of drug-likeness (QED) is 0.748. The average molecular weight is 342 g/mol. The van der Waals surface area contributed by atoms with Crippen LogP contribution in [0.4, 0.5) is 31.8 Å². The zero-order chi connectivity index (χ0) is 17.2. The first kappa shape index (κ1) is 15.1. The van der Waals surface area contributed by atoms with Crippen LogP contribution in [0.25, 0.3) is 0 Å². The average Bonchev–Trinajstić information content (AvgIpc) is 3.06. The molecule has 0 atom stereocenters. The van der Waals surface area contributed by atoms with E-state index >= 15 is 0 Å². The van der Waals surface area contributed by atoms with Crippen LogP contribution in [-0.4, -0.2) is 16.8 Å². The van der Waals surface area contributed by atoms with Crippen molar-refractivity contribution in [2.24, 2.45) is 0 Å². The summed E-state index contributed by atoms with van der Waals surface area (Å²) in [5.74, 6) is 0.597. The summed E-state index contributed by atoms with van der Waals surface area (Å²) in [6.07, 6.45) is 1.29. The topological polar surface area (TPSA) is 68.3 Å². The fourth-order valence-electron chi connectivity index (χ4n) is 2.36. The molecule has 2 N–H and O–H groups in total. The molecule has 1 aliphatic rings. The van der Waals surface area contributed by atoms with Crippen molar-refractivity contribution in [3.05, 3.63) is 60.4 Å². The second kappa shape index (κ2) is 6.23. The van der Waals surface area contributed by atoms with Crippen molar-refractivity contribution in [3.63, 3.8) is 0 Å². The van der Waals surface area contributed by atoms with Crippen molar-refractivity contribution in [1.82, 2.24) is 9.97 Å². The Morgan fingerprint density at radius 1 is 0.840 bits per heavy atom. The summed E-state index contributed by atoms with van der Waals surface area (Å²) in [5, 5.41) is 5.70. The molecular formula is C17H12F2N4O2. The first-order chi connectivity index (χ1) is 12.2. The Kier molecular flexibility index (Phi) is 3.77. The van der Waals surface area contributed by atoms with Crippen LogP contribution < -0.4 is 20.1 Å². The molecule has 0 aliphatic carbocycles. The molecule has 0 fully saturated rings. The number of halogens is 2. The molecule has 126 valence electrons. The third-order valence-electron chi connectivity index (χ3n) is 3.53. The van der Waals surface area contributed by atoms with Gasteiger partial charge in [-0.15, -0.1) is 0 Å². The van der Waals surface area contributed by atoms with Gasteiger partial charge in [-0.05, 0) is 24.3 Å². The molecule has 25 heavy (non-hydrogen) atoms. The summed E-state index contributed by atoms with van der Waals surface area (Å²) in [5.41, 5.74) is 0.459. The minimum Gasteiger partial charge on any atom is -0.454 e. The Balaban J connectivity index is 1.55. The normalized spacial score (nSPS) is 12.1. The van der Waals surface area contributed by atoms with Crippen molar-refractivity contribution >= 4 is 23.0 Å². The first-order valence-corrected chi connectivity index (χ1v) is 7.39. The maximum atomic E-state index is 13.7. The van der Waals surface area contributed by atoms with Crippen LogP contribution in [0.3, 0.4) is 0 Å². The number of ether oxygens (including phenoxy) is 2. The lowest BCUT2D eigenvalue weighted by atomic mass is 10.2. The Morgan fingerprint density at radius 2 is 1.56 bits per heavy atom. The summed E-state index contributed by atoms with van der Waals surface area (Å²) in [7, 11) is 0. The Morgan fingerprint density at radius 3 is 2.36 bits per heavy atom. The van der Waals surface area contributed by atoms with Crippen molar-refractivity contribution < 1.29 is 18.3 Å². The van der Waals surface area contributed by atoms with Crippen LogP contribution in [0, 0.1) is 11.6 Å². The summed E-state index contributed by atoms with van der Waals surface area (Å²) in [4.78, 5) is 8.07. The van der Waals surface area contributed by atoms with E-state index in [9.17, 15) is 8.78 Å². The van der Waals surface area contributed by atoms with Crippen LogP contribution in [0.1, 0.15) is 0 Å². The summed E-state index contributed by atoms with van der Waals surface area (Å²) in [6.45, 7) is 0.189. The van der Waals surface area contributed by atoms with Crippen LogP contribution in [0.2, 0.25) is 0 Å². The highest BCUT2D eigenvalue weighted by molar-refractivity contribution is 5.65. The third-order valence-corrected chi connectivity index (χ3v) is 3.53. The zero-order valence-electron chi connectivity index (χ0n) is 12.8. The Bertz CT molecular complexity index is 916. The van der Waals surface area contributed by atoms with Gasteiger partial charge in [-0.2, -0.15) is 0 Å². The lowest BCUT2D eigenvalue weighted by Crippen LogP contribution is -2.01. The highest BCUT2D eigenvalue weighted by Gasteiger charge is 2.14. The first-order valence-electron chi connectivity index (χ1n) is 7.39. The van der Waals surface area contributed by atoms with Crippen molar-refractivity contribution in [3.8, 4) is 11.5 Å². The van der Waals surface area contributed by atoms with Gasteiger partial charge in [-0.3, -0.25) is 0 Å². The number of anilines is 4. The predicted molar refractivity (Wildman–Crippen MR) is 87.5 cm³/mol. The van der Waals surface area contributed by atoms with E-state index in [0.717, 1.165) is 5.69 Å². The van der Waals surface area contributed by atoms with Gasteiger partial charge in [0.05, 0.1) is 0 Å². The fourth-order valence-corrected chi connectivity index (χ4v) is 2.36. The monoisotopic (exact) mass is 342 g/mol. The van der Waals surface area contributed by atoms with Crippen LogP contribution in [0.15, 0.2) is 48.8 Å². The summed E-state index contributed by atoms with van der Waals surface area (Å²) < 4.78 is 38.0. The molecule has 3 aromatic rings. The Hall–Kier alpha value is -3.42. The van der Waals surface area contributed by atoms with Gasteiger partial charge >= 0.3 is 0 Å². The summed E-state index contributed by atoms with van der Waals surface area (Å²) >= 11 is 0. The number of hydrogen-bond acceptors (Lipinski definition) is 6. The van der Waals surface area contributed by atoms with Crippen LogP contribution >= 0.6 is 0 Å². The summed E-state index contributed by atoms with van der Waals surface area (Å²) in [6, 6.07) is 10.5. The lowest BCUT2D eigenvalue weighted by molar-refractivity contribution is 0.174. The van der Waals surface area contributed by atoms with Crippen molar-refractivity contribution in [1.29, 1.82) is 0 Å². The molecule has 8 heteroatoms. The van der Waals surface area contributed by atoms with E-state index in [0.29, 0.717) is 17.3 Å². The molecule has 0 bridgehead atoms. The van der Waals surface area contributed by atoms with E-state index in [1.54, 1.807) is 18.2 Å². The van der Waals surface area contributed by atoms with Gasteiger partial charge in [0.25, 0.3) is 0 Å². The highest BCUT2D eigenvalue weighted by atomic mass is 19.1. The molecular weight excluding hydrogens is 330 g/mol. The maximum Gasteiger partial charge on any atom is 0.231 e. The number of hydrogen-bond donors (Lipinski definition) is 2. The van der Waals surface area contributed by atoms with Crippen molar-refractivity contribution in [2.75, 3.05) is 17.4 Å². The van der Waals surface area contributed by atoms with E-state index in [-0.39, 0.29) is 18.3 Å². The van der Waals surface area contributed by atoms with Gasteiger partial charge in [0.15, 0.2) is 11.5 Å². The zero-order valence-corrected chi connectivity index (χ0v) is 12.8. The molecule has 0 radical (unpaired) electrons. The molecule has 6 nitrogen and oxygen atoms in total. The van der Waals surface area contributed by atoms with Gasteiger partial charge in [-0.25, -0.2) is 18.7 Å². The number of aromatic nitrogens is 2. The minimum atomic E-state index is -0.705. The molecule has 0 unspecified atom stereocenters. The standard InChI is InChI=1S/C17H12F2N4O2/c18-11-2-1-3-12(19)17(11)23-16-7-15(20-8-21-16)22-10-4-5-13-14(6-10)25-9-24-13/h1-8H,9H2,(H2,20,21,22,23). The van der Waals surface area contributed by atoms with Crippen LogP contribution in [-0.2, 0) is 0 Å². The molecule has 0 saturated heterocycles. The number of para-hydroxylation sites is 1. The largest absolute Gasteiger partial charge is 0.454 e. The van der Waals surface area contributed by atoms with Gasteiger partial charge in [0.2, 0.25) is 6.79 Å². The lowest BCUT2D eigenvalue weighted by Gasteiger charge is -2.10. The van der Waals surface area contributed by atoms with E-state index in [2.05, 4.69) is 20.6 Å². The minimum absolute atomic E-state index is 0.189. The second-order valence-corrected chi connectivity index (χ2v) is 5.20. The fraction of sp³-hybridized carbons (Fsp3) is 0.0588. The van der Waals surface area contributed by atoms with E-state index in [4.69, 9.17) is 9.47 Å². The molecule has 0 saturated carbocycles. The van der Waals surface area contributed by atoms with Crippen molar-refractivity contribution in [2.45, 2.75) is 0 Å². The van der Waals surface area contributed by atoms with E-state index in [1.807, 2.05) is 0 Å². The maximum absolute atomic E-state index is 13.7. The molecule has 2 heterocycles. The van der Waals surface area contributed by atoms with Crippen LogP contribution in [0.5, 0.6) is 11.5 Å². The van der Waals surface area contributed by atoms with Gasteiger partial charge < -0.3 is 20.1 Å². The van der Waals surface area contributed by atoms with E-state index < -0.39 is 11.6 Å².